The van der Waals surface area contributed by atoms with Gasteiger partial charge in [0.15, 0.2) is 5.78 Å². The first kappa shape index (κ1) is 13.8. The Balaban J connectivity index is 2.11. The molecule has 3 rings (SSSR count). The predicted octanol–water partition coefficient (Wildman–Crippen LogP) is 4.52. The molecule has 2 aromatic carbocycles. The number of rotatable bonds is 2. The summed E-state index contributed by atoms with van der Waals surface area (Å²) in [5.41, 5.74) is 1.93. The van der Waals surface area contributed by atoms with Crippen LogP contribution in [0.15, 0.2) is 39.3 Å². The molecule has 5 heteroatoms. The van der Waals surface area contributed by atoms with E-state index in [9.17, 15) is 9.18 Å². The minimum absolute atomic E-state index is 0.184. The van der Waals surface area contributed by atoms with Gasteiger partial charge in [0, 0.05) is 20.9 Å². The highest BCUT2D eigenvalue weighted by Crippen LogP contribution is 2.35. The molecule has 102 valence electrons. The molecule has 0 aliphatic carbocycles. The second-order valence-electron chi connectivity index (χ2n) is 4.49. The van der Waals surface area contributed by atoms with Gasteiger partial charge < -0.3 is 4.74 Å². The average Bonchev–Trinajstić information content (AvgIpc) is 2.85. The third-order valence-electron chi connectivity index (χ3n) is 3.17. The lowest BCUT2D eigenvalue weighted by molar-refractivity contribution is 0.103. The Morgan fingerprint density at radius 2 is 1.95 bits per heavy atom. The van der Waals surface area contributed by atoms with E-state index in [0.717, 1.165) is 16.5 Å². The Morgan fingerprint density at radius 3 is 2.70 bits per heavy atom. The van der Waals surface area contributed by atoms with E-state index in [1.807, 2.05) is 6.07 Å². The maximum atomic E-state index is 13.1. The number of hydrogen-bond acceptors (Lipinski definition) is 2. The highest BCUT2D eigenvalue weighted by atomic mass is 79.9. The molecule has 0 bridgehead atoms. The molecule has 0 unspecified atom stereocenters. The summed E-state index contributed by atoms with van der Waals surface area (Å²) < 4.78 is 20.0. The molecule has 2 aromatic rings. The molecule has 2 nitrogen and oxygen atoms in total. The molecule has 1 aliphatic rings. The van der Waals surface area contributed by atoms with Gasteiger partial charge in [-0.15, -0.1) is 0 Å². The zero-order valence-corrected chi connectivity index (χ0v) is 13.4. The van der Waals surface area contributed by atoms with Crippen molar-refractivity contribution in [1.29, 1.82) is 0 Å². The van der Waals surface area contributed by atoms with Crippen molar-refractivity contribution >= 4 is 37.6 Å². The van der Waals surface area contributed by atoms with Crippen molar-refractivity contribution < 1.29 is 13.9 Å². The van der Waals surface area contributed by atoms with Gasteiger partial charge in [0.2, 0.25) is 0 Å². The molecule has 0 aromatic heterocycles. The van der Waals surface area contributed by atoms with Crippen molar-refractivity contribution in [2.45, 2.75) is 6.42 Å². The fourth-order valence-electron chi connectivity index (χ4n) is 2.26. The summed E-state index contributed by atoms with van der Waals surface area (Å²) in [6.07, 6.45) is 0.791. The van der Waals surface area contributed by atoms with Crippen molar-refractivity contribution in [1.82, 2.24) is 0 Å². The van der Waals surface area contributed by atoms with E-state index in [4.69, 9.17) is 4.74 Å². The highest BCUT2D eigenvalue weighted by Gasteiger charge is 2.24. The fraction of sp³-hybridized carbons (Fsp3) is 0.133. The Hall–Kier alpha value is -1.20. The molecule has 0 saturated carbocycles. The molecule has 0 radical (unpaired) electrons. The van der Waals surface area contributed by atoms with E-state index in [-0.39, 0.29) is 11.6 Å². The van der Waals surface area contributed by atoms with Crippen LogP contribution in [0.25, 0.3) is 0 Å². The zero-order valence-electron chi connectivity index (χ0n) is 10.3. The van der Waals surface area contributed by atoms with Gasteiger partial charge in [-0.05, 0) is 51.8 Å². The number of fused-ring (bicyclic) bond motifs is 1. The van der Waals surface area contributed by atoms with Gasteiger partial charge in [-0.1, -0.05) is 15.9 Å². The van der Waals surface area contributed by atoms with Crippen LogP contribution in [0.4, 0.5) is 4.39 Å². The van der Waals surface area contributed by atoms with Gasteiger partial charge in [0.1, 0.15) is 11.6 Å². The van der Waals surface area contributed by atoms with Gasteiger partial charge in [-0.3, -0.25) is 4.79 Å². The molecule has 0 spiro atoms. The highest BCUT2D eigenvalue weighted by molar-refractivity contribution is 9.10. The van der Waals surface area contributed by atoms with E-state index in [1.165, 1.54) is 18.2 Å². The van der Waals surface area contributed by atoms with E-state index < -0.39 is 0 Å². The van der Waals surface area contributed by atoms with Gasteiger partial charge in [-0.25, -0.2) is 4.39 Å². The van der Waals surface area contributed by atoms with Crippen LogP contribution in [-0.2, 0) is 6.42 Å². The summed E-state index contributed by atoms with van der Waals surface area (Å²) in [7, 11) is 0. The molecule has 0 fully saturated rings. The normalized spacial score (nSPS) is 12.9. The Labute approximate surface area is 132 Å². The number of carbonyl (C=O) groups excluding carboxylic acids is 1. The Kier molecular flexibility index (Phi) is 3.65. The first-order valence-electron chi connectivity index (χ1n) is 6.01. The van der Waals surface area contributed by atoms with Crippen molar-refractivity contribution in [3.05, 3.63) is 61.8 Å². The van der Waals surface area contributed by atoms with Crippen molar-refractivity contribution in [3.8, 4) is 5.75 Å². The van der Waals surface area contributed by atoms with Crippen LogP contribution in [0, 0.1) is 5.82 Å². The van der Waals surface area contributed by atoms with Crippen LogP contribution in [0.5, 0.6) is 5.75 Å². The Morgan fingerprint density at radius 1 is 1.15 bits per heavy atom. The maximum absolute atomic E-state index is 13.1. The van der Waals surface area contributed by atoms with Crippen molar-refractivity contribution in [2.24, 2.45) is 0 Å². The van der Waals surface area contributed by atoms with E-state index in [1.54, 1.807) is 6.07 Å². The van der Waals surface area contributed by atoms with Crippen LogP contribution in [0.2, 0.25) is 0 Å². The standard InChI is InChI=1S/C15H9Br2FO2/c16-9-5-8-3-4-20-15(8)12(6-9)14(19)11-2-1-10(18)7-13(11)17/h1-2,5-7H,3-4H2. The third-order valence-corrected chi connectivity index (χ3v) is 4.28. The third kappa shape index (κ3) is 2.40. The van der Waals surface area contributed by atoms with E-state index >= 15 is 0 Å². The van der Waals surface area contributed by atoms with Crippen LogP contribution in [0.3, 0.4) is 0 Å². The molecule has 20 heavy (non-hydrogen) atoms. The summed E-state index contributed by atoms with van der Waals surface area (Å²) in [6.45, 7) is 0.580. The number of ketones is 1. The summed E-state index contributed by atoms with van der Waals surface area (Å²) in [5.74, 6) is 0.0647. The van der Waals surface area contributed by atoms with Crippen LogP contribution in [0.1, 0.15) is 21.5 Å². The second kappa shape index (κ2) is 5.30. The number of ether oxygens (including phenoxy) is 1. The van der Waals surface area contributed by atoms with Crippen molar-refractivity contribution in [3.63, 3.8) is 0 Å². The predicted molar refractivity (Wildman–Crippen MR) is 80.9 cm³/mol. The van der Waals surface area contributed by atoms with E-state index in [0.29, 0.717) is 28.0 Å². The van der Waals surface area contributed by atoms with Gasteiger partial charge in [0.25, 0.3) is 0 Å². The quantitative estimate of drug-likeness (QED) is 0.694. The average molecular weight is 400 g/mol. The first-order valence-corrected chi connectivity index (χ1v) is 7.60. The lowest BCUT2D eigenvalue weighted by atomic mass is 10.00. The van der Waals surface area contributed by atoms with Gasteiger partial charge in [0.05, 0.1) is 12.2 Å². The molecule has 1 aliphatic heterocycles. The summed E-state index contributed by atoms with van der Waals surface area (Å²) in [5, 5.41) is 0. The van der Waals surface area contributed by atoms with Crippen LogP contribution < -0.4 is 4.74 Å². The molecule has 0 N–H and O–H groups in total. The molecule has 0 saturated heterocycles. The lowest BCUT2D eigenvalue weighted by Crippen LogP contribution is -2.05. The molecule has 1 heterocycles. The fourth-order valence-corrected chi connectivity index (χ4v) is 3.29. The molecule has 0 atom stereocenters. The smallest absolute Gasteiger partial charge is 0.197 e. The number of benzene rings is 2. The van der Waals surface area contributed by atoms with Gasteiger partial charge in [-0.2, -0.15) is 0 Å². The molecular formula is C15H9Br2FO2. The second-order valence-corrected chi connectivity index (χ2v) is 6.26. The monoisotopic (exact) mass is 398 g/mol. The zero-order chi connectivity index (χ0) is 14.3. The summed E-state index contributed by atoms with van der Waals surface area (Å²) >= 11 is 6.64. The Bertz CT molecular complexity index is 713. The number of halogens is 3. The maximum Gasteiger partial charge on any atom is 0.197 e. The van der Waals surface area contributed by atoms with Crippen LogP contribution in [-0.4, -0.2) is 12.4 Å². The van der Waals surface area contributed by atoms with Crippen molar-refractivity contribution in [2.75, 3.05) is 6.61 Å². The van der Waals surface area contributed by atoms with E-state index in [2.05, 4.69) is 31.9 Å². The molecular weight excluding hydrogens is 391 g/mol. The summed E-state index contributed by atoms with van der Waals surface area (Å²) in [6, 6.07) is 7.73. The minimum Gasteiger partial charge on any atom is -0.492 e. The topological polar surface area (TPSA) is 26.3 Å². The lowest BCUT2D eigenvalue weighted by Gasteiger charge is -2.09. The number of hydrogen-bond donors (Lipinski definition) is 0. The molecule has 0 amide bonds. The SMILES string of the molecule is O=C(c1ccc(F)cc1Br)c1cc(Br)cc2c1OCC2. The van der Waals surface area contributed by atoms with Gasteiger partial charge >= 0.3 is 0 Å². The first-order chi connectivity index (χ1) is 9.56. The largest absolute Gasteiger partial charge is 0.492 e. The minimum atomic E-state index is -0.385. The summed E-state index contributed by atoms with van der Waals surface area (Å²) in [4.78, 5) is 12.6. The van der Waals surface area contributed by atoms with Crippen LogP contribution >= 0.6 is 31.9 Å². The number of carbonyl (C=O) groups is 1.